The Morgan fingerprint density at radius 2 is 0.483 bits per heavy atom. The predicted molar refractivity (Wildman–Crippen MR) is 471 cm³/mol. The number of hydrogen-bond donors (Lipinski definition) is 7. The first-order chi connectivity index (χ1) is 55.9. The number of unbranched alkanes of at least 4 members (excludes halogenated alkanes) is 2. The molecule has 21 nitrogen and oxygen atoms in total. The van der Waals surface area contributed by atoms with Crippen molar-refractivity contribution in [2.75, 3.05) is 32.7 Å². The Hall–Kier alpha value is -11.5. The van der Waals surface area contributed by atoms with Crippen molar-refractivity contribution in [3.8, 4) is 0 Å². The number of primary amides is 1. The maximum atomic E-state index is 11.5. The van der Waals surface area contributed by atoms with Crippen molar-refractivity contribution in [1.29, 1.82) is 0 Å². The summed E-state index contributed by atoms with van der Waals surface area (Å²) < 4.78 is 0. The van der Waals surface area contributed by atoms with Gasteiger partial charge in [0, 0.05) is 80.7 Å². The molecule has 0 spiro atoms. The zero-order valence-corrected chi connectivity index (χ0v) is 72.9. The average Bonchev–Trinajstić information content (AvgIpc) is 0.873. The topological polar surface area (TPSA) is 337 Å². The van der Waals surface area contributed by atoms with Crippen molar-refractivity contribution in [2.24, 2.45) is 47.2 Å². The standard InChI is InChI=1S/2C15H21NO2.C14H19NO2.3C13H17NO2.C9H12.C5H9NO2/c2*1-12(2)14(17)15(18)16-11-7-6-10-13-8-4-3-5-9-13;1-9(2)13(16)14(17)15-8-12-7-10(3)5-6-11(12)4;3*1-10(2)12(15)13(16)14-9-8-11-6-4-3-5-7-11;1-2-6-9-7-4-3-5-8-9;1-3(2)4(7)5(6)8/h2*3-5,8-9,12H,6-7,10-11H2,1-2H3,(H,16,18);5-7,9H,8H2,1-4H3,(H,15,17);3*3-7,10H,8-9H2,1-2H3,(H,14,16);3-5,7-8H,2,6H2,1H3;3H,1-2H3,(H2,6,8). The van der Waals surface area contributed by atoms with Crippen molar-refractivity contribution < 1.29 is 67.1 Å². The Labute approximate surface area is 702 Å². The van der Waals surface area contributed by atoms with E-state index < -0.39 is 47.1 Å². The van der Waals surface area contributed by atoms with Gasteiger partial charge in [0.2, 0.25) is 40.5 Å². The highest BCUT2D eigenvalue weighted by Crippen LogP contribution is 2.12. The van der Waals surface area contributed by atoms with E-state index in [0.717, 1.165) is 91.2 Å². The molecule has 21 heteroatoms. The minimum Gasteiger partial charge on any atom is -0.363 e. The molecule has 0 saturated carbocycles. The number of rotatable bonds is 37. The predicted octanol–water partition coefficient (Wildman–Crippen LogP) is 13.9. The van der Waals surface area contributed by atoms with Gasteiger partial charge in [-0.1, -0.05) is 316 Å². The second kappa shape index (κ2) is 63.7. The number of nitrogens with two attached hydrogens (primary N) is 1. The summed E-state index contributed by atoms with van der Waals surface area (Å²) >= 11 is 0. The van der Waals surface area contributed by atoms with Crippen LogP contribution in [0.2, 0.25) is 0 Å². The van der Waals surface area contributed by atoms with Crippen LogP contribution in [-0.2, 0) is 112 Å². The van der Waals surface area contributed by atoms with Gasteiger partial charge in [-0.25, -0.2) is 0 Å². The van der Waals surface area contributed by atoms with Gasteiger partial charge in [0.25, 0.3) is 41.4 Å². The highest BCUT2D eigenvalue weighted by Gasteiger charge is 2.22. The number of nitrogens with one attached hydrogen (secondary N) is 6. The van der Waals surface area contributed by atoms with Crippen molar-refractivity contribution in [1.82, 2.24) is 31.9 Å². The van der Waals surface area contributed by atoms with Crippen LogP contribution < -0.4 is 37.6 Å². The second-order valence-corrected chi connectivity index (χ2v) is 30.2. The zero-order chi connectivity index (χ0) is 88.9. The second-order valence-electron chi connectivity index (χ2n) is 30.2. The smallest absolute Gasteiger partial charge is 0.287 e. The van der Waals surface area contributed by atoms with E-state index in [0.29, 0.717) is 39.3 Å². The van der Waals surface area contributed by atoms with Gasteiger partial charge in [-0.3, -0.25) is 67.1 Å². The van der Waals surface area contributed by atoms with Crippen LogP contribution in [0.5, 0.6) is 0 Å². The summed E-state index contributed by atoms with van der Waals surface area (Å²) in [6, 6.07) is 66.7. The third-order valence-electron chi connectivity index (χ3n) is 17.2. The molecule has 0 fully saturated rings. The van der Waals surface area contributed by atoms with Gasteiger partial charge in [0.05, 0.1) is 0 Å². The number of hydrogen-bond acceptors (Lipinski definition) is 14. The lowest BCUT2D eigenvalue weighted by molar-refractivity contribution is -0.139. The maximum absolute atomic E-state index is 11.5. The minimum atomic E-state index is -0.847. The van der Waals surface area contributed by atoms with Crippen molar-refractivity contribution in [3.63, 3.8) is 0 Å². The summed E-state index contributed by atoms with van der Waals surface area (Å²) in [6.07, 6.45) is 10.5. The summed E-state index contributed by atoms with van der Waals surface area (Å²) in [6.45, 7) is 33.2. The highest BCUT2D eigenvalue weighted by molar-refractivity contribution is 6.39. The SMILES string of the molecule is CC(C)C(=O)C(=O)NCCCCc1ccccc1.CC(C)C(=O)C(=O)NCCCCc1ccccc1.CC(C)C(=O)C(=O)NCCc1ccccc1.CC(C)C(=O)C(=O)NCCc1ccccc1.CC(C)C(=O)C(=O)NCCc1ccccc1.CC(C)C(=O)C(N)=O.CCCc1ccccc1.Cc1ccc(C)c(CNC(=O)C(=O)C(C)C)c1. The molecule has 0 aromatic heterocycles. The molecule has 8 N–H and O–H groups in total. The molecule has 0 aliphatic rings. The molecule has 7 rings (SSSR count). The third-order valence-corrected chi connectivity index (χ3v) is 17.2. The van der Waals surface area contributed by atoms with Gasteiger partial charge in [-0.2, -0.15) is 0 Å². The van der Waals surface area contributed by atoms with Crippen LogP contribution in [-0.4, -0.2) is 115 Å². The third kappa shape index (κ3) is 51.5. The summed E-state index contributed by atoms with van der Waals surface area (Å²) in [5.74, 6) is -8.00. The summed E-state index contributed by atoms with van der Waals surface area (Å²) in [7, 11) is 0. The molecule has 640 valence electrons. The number of benzene rings is 7. The Balaban J connectivity index is 0.00000134. The summed E-state index contributed by atoms with van der Waals surface area (Å²) in [5.41, 5.74) is 15.5. The van der Waals surface area contributed by atoms with Gasteiger partial charge in [-0.15, -0.1) is 0 Å². The van der Waals surface area contributed by atoms with Crippen LogP contribution in [0.1, 0.15) is 186 Å². The van der Waals surface area contributed by atoms with E-state index in [1.165, 1.54) is 29.5 Å². The van der Waals surface area contributed by atoms with E-state index in [9.17, 15) is 67.1 Å². The first kappa shape index (κ1) is 107. The average molecular weight is 1620 g/mol. The highest BCUT2D eigenvalue weighted by atomic mass is 16.2. The number of aryl methyl sites for hydroxylation is 5. The normalized spacial score (nSPS) is 10.2. The molecular weight excluding hydrogens is 1490 g/mol. The summed E-state index contributed by atoms with van der Waals surface area (Å²) in [5, 5.41) is 15.9. The lowest BCUT2D eigenvalue weighted by Crippen LogP contribution is -2.34. The van der Waals surface area contributed by atoms with Crippen LogP contribution in [0, 0.1) is 55.3 Å². The van der Waals surface area contributed by atoms with Crippen LogP contribution >= 0.6 is 0 Å². The quantitative estimate of drug-likeness (QED) is 0.0141. The molecule has 0 heterocycles. The lowest BCUT2D eigenvalue weighted by atomic mass is 10.1. The van der Waals surface area contributed by atoms with Gasteiger partial charge in [0.15, 0.2) is 0 Å². The van der Waals surface area contributed by atoms with Crippen LogP contribution in [0.4, 0.5) is 0 Å². The molecule has 0 saturated heterocycles. The molecule has 0 radical (unpaired) electrons. The van der Waals surface area contributed by atoms with Crippen LogP contribution in [0.25, 0.3) is 0 Å². The lowest BCUT2D eigenvalue weighted by Gasteiger charge is -2.09. The first-order valence-electron chi connectivity index (χ1n) is 41.0. The fraction of sp³-hybridized carbons (Fsp3) is 0.423. The van der Waals surface area contributed by atoms with Gasteiger partial charge in [0.1, 0.15) is 0 Å². The molecule has 0 unspecified atom stereocenters. The summed E-state index contributed by atoms with van der Waals surface area (Å²) in [4.78, 5) is 156. The molecule has 0 aliphatic heterocycles. The van der Waals surface area contributed by atoms with Crippen molar-refractivity contribution in [2.45, 2.75) is 195 Å². The number of Topliss-reactive ketones (excluding diaryl/α,β-unsaturated/α-hetero) is 7. The Morgan fingerprint density at radius 1 is 0.263 bits per heavy atom. The molecule has 0 atom stereocenters. The maximum Gasteiger partial charge on any atom is 0.287 e. The van der Waals surface area contributed by atoms with Crippen LogP contribution in [0.3, 0.4) is 0 Å². The van der Waals surface area contributed by atoms with E-state index in [1.807, 2.05) is 159 Å². The fourth-order valence-electron chi connectivity index (χ4n) is 9.98. The number of amides is 7. The Bertz CT molecular complexity index is 3860. The largest absolute Gasteiger partial charge is 0.363 e. The molecule has 0 bridgehead atoms. The van der Waals surface area contributed by atoms with E-state index >= 15 is 0 Å². The molecule has 118 heavy (non-hydrogen) atoms. The van der Waals surface area contributed by atoms with Gasteiger partial charge >= 0.3 is 0 Å². The van der Waals surface area contributed by atoms with E-state index in [1.54, 1.807) is 96.9 Å². The zero-order valence-electron chi connectivity index (χ0n) is 72.9. The fourth-order valence-corrected chi connectivity index (χ4v) is 9.98. The Morgan fingerprint density at radius 3 is 0.703 bits per heavy atom. The minimum absolute atomic E-state index is 0.227. The van der Waals surface area contributed by atoms with Gasteiger partial charge in [-0.05, 0) is 123 Å². The van der Waals surface area contributed by atoms with E-state index in [2.05, 4.69) is 99.2 Å². The van der Waals surface area contributed by atoms with Gasteiger partial charge < -0.3 is 37.6 Å². The van der Waals surface area contributed by atoms with Crippen molar-refractivity contribution >= 4 is 81.8 Å². The van der Waals surface area contributed by atoms with Crippen molar-refractivity contribution in [3.05, 3.63) is 250 Å². The van der Waals surface area contributed by atoms with Crippen LogP contribution in [0.15, 0.2) is 200 Å². The molecule has 7 aromatic rings. The molecular formula is C97H133N7O14. The number of carbonyl (C=O) groups is 14. The monoisotopic (exact) mass is 1620 g/mol. The van der Waals surface area contributed by atoms with E-state index in [-0.39, 0.29) is 76.1 Å². The molecule has 0 aliphatic carbocycles. The number of ketones is 7. The molecule has 7 aromatic carbocycles. The van der Waals surface area contributed by atoms with E-state index in [4.69, 9.17) is 0 Å². The first-order valence-corrected chi connectivity index (χ1v) is 41.0. The molecule has 7 amide bonds. The Kier molecular flexibility index (Phi) is 57.5. The number of carbonyl (C=O) groups excluding carboxylic acids is 14.